The Morgan fingerprint density at radius 2 is 1.95 bits per heavy atom. The van der Waals surface area contributed by atoms with E-state index in [0.29, 0.717) is 19.0 Å². The zero-order valence-electron chi connectivity index (χ0n) is 12.6. The van der Waals surface area contributed by atoms with Gasteiger partial charge in [-0.05, 0) is 11.5 Å². The van der Waals surface area contributed by atoms with Gasteiger partial charge in [-0.3, -0.25) is 9.69 Å². The standard InChI is InChI=1S/C16H22N2O3/c1-13(2)10-17-8-9-18(11-15(17)19)16(20)21-12-14-6-4-3-5-7-14/h3-7,13H,8-12H2,1-2H3. The fourth-order valence-electron chi connectivity index (χ4n) is 2.31. The molecule has 0 aromatic heterocycles. The van der Waals surface area contributed by atoms with Gasteiger partial charge >= 0.3 is 6.09 Å². The smallest absolute Gasteiger partial charge is 0.410 e. The molecule has 0 saturated carbocycles. The first-order chi connectivity index (χ1) is 10.1. The van der Waals surface area contributed by atoms with Crippen molar-refractivity contribution in [2.75, 3.05) is 26.2 Å². The average molecular weight is 290 g/mol. The van der Waals surface area contributed by atoms with E-state index < -0.39 is 6.09 Å². The van der Waals surface area contributed by atoms with Gasteiger partial charge in [0.05, 0.1) is 0 Å². The normalized spacial score (nSPS) is 15.5. The summed E-state index contributed by atoms with van der Waals surface area (Å²) in [5.74, 6) is 0.428. The van der Waals surface area contributed by atoms with Crippen molar-refractivity contribution in [3.8, 4) is 0 Å². The van der Waals surface area contributed by atoms with Gasteiger partial charge in [0.1, 0.15) is 13.2 Å². The summed E-state index contributed by atoms with van der Waals surface area (Å²) in [6, 6.07) is 9.52. The second-order valence-electron chi connectivity index (χ2n) is 5.70. The molecular formula is C16H22N2O3. The molecule has 1 aliphatic rings. The quantitative estimate of drug-likeness (QED) is 0.853. The van der Waals surface area contributed by atoms with Crippen LogP contribution in [0.15, 0.2) is 30.3 Å². The van der Waals surface area contributed by atoms with Crippen LogP contribution < -0.4 is 0 Å². The van der Waals surface area contributed by atoms with E-state index >= 15 is 0 Å². The van der Waals surface area contributed by atoms with Crippen LogP contribution in [0.4, 0.5) is 4.79 Å². The number of benzene rings is 1. The fraction of sp³-hybridized carbons (Fsp3) is 0.500. The van der Waals surface area contributed by atoms with E-state index in [9.17, 15) is 9.59 Å². The maximum Gasteiger partial charge on any atom is 0.410 e. The van der Waals surface area contributed by atoms with Crippen LogP contribution in [0, 0.1) is 5.92 Å². The van der Waals surface area contributed by atoms with E-state index in [1.54, 1.807) is 0 Å². The van der Waals surface area contributed by atoms with Crippen LogP contribution in [-0.4, -0.2) is 48.0 Å². The molecule has 0 N–H and O–H groups in total. The van der Waals surface area contributed by atoms with Gasteiger partial charge < -0.3 is 9.64 Å². The Hall–Kier alpha value is -2.04. The predicted molar refractivity (Wildman–Crippen MR) is 79.6 cm³/mol. The molecule has 1 saturated heterocycles. The van der Waals surface area contributed by atoms with Gasteiger partial charge in [-0.15, -0.1) is 0 Å². The number of piperazine rings is 1. The molecule has 1 fully saturated rings. The van der Waals surface area contributed by atoms with E-state index in [1.807, 2.05) is 35.2 Å². The van der Waals surface area contributed by atoms with Crippen molar-refractivity contribution in [3.05, 3.63) is 35.9 Å². The van der Waals surface area contributed by atoms with E-state index in [2.05, 4.69) is 13.8 Å². The predicted octanol–water partition coefficient (Wildman–Crippen LogP) is 2.12. The van der Waals surface area contributed by atoms with Crippen LogP contribution in [-0.2, 0) is 16.1 Å². The van der Waals surface area contributed by atoms with Crippen molar-refractivity contribution in [2.45, 2.75) is 20.5 Å². The molecule has 114 valence electrons. The fourth-order valence-corrected chi connectivity index (χ4v) is 2.31. The van der Waals surface area contributed by atoms with Crippen molar-refractivity contribution in [1.82, 2.24) is 9.80 Å². The lowest BCUT2D eigenvalue weighted by Crippen LogP contribution is -2.53. The number of rotatable bonds is 4. The number of hydrogen-bond donors (Lipinski definition) is 0. The highest BCUT2D eigenvalue weighted by atomic mass is 16.6. The molecule has 5 heteroatoms. The molecule has 5 nitrogen and oxygen atoms in total. The molecule has 0 atom stereocenters. The van der Waals surface area contributed by atoms with Crippen LogP contribution in [0.1, 0.15) is 19.4 Å². The Bertz CT molecular complexity index is 488. The SMILES string of the molecule is CC(C)CN1CCN(C(=O)OCc2ccccc2)CC1=O. The largest absolute Gasteiger partial charge is 0.445 e. The molecule has 0 radical (unpaired) electrons. The number of amides is 2. The van der Waals surface area contributed by atoms with Gasteiger partial charge in [-0.25, -0.2) is 4.79 Å². The summed E-state index contributed by atoms with van der Waals surface area (Å²) in [5, 5.41) is 0. The lowest BCUT2D eigenvalue weighted by atomic mass is 10.2. The zero-order valence-corrected chi connectivity index (χ0v) is 12.6. The number of nitrogens with zero attached hydrogens (tertiary/aromatic N) is 2. The van der Waals surface area contributed by atoms with Gasteiger partial charge in [0, 0.05) is 19.6 Å². The summed E-state index contributed by atoms with van der Waals surface area (Å²) >= 11 is 0. The summed E-state index contributed by atoms with van der Waals surface area (Å²) in [6.07, 6.45) is -0.420. The first-order valence-corrected chi connectivity index (χ1v) is 7.29. The maximum absolute atomic E-state index is 12.0. The minimum absolute atomic E-state index is 0.00777. The number of carbonyl (C=O) groups is 2. The van der Waals surface area contributed by atoms with Crippen molar-refractivity contribution in [3.63, 3.8) is 0 Å². The number of ether oxygens (including phenoxy) is 1. The van der Waals surface area contributed by atoms with Crippen LogP contribution >= 0.6 is 0 Å². The Labute approximate surface area is 125 Å². The molecule has 2 rings (SSSR count). The molecule has 0 aliphatic carbocycles. The summed E-state index contributed by atoms with van der Waals surface area (Å²) in [5.41, 5.74) is 0.940. The van der Waals surface area contributed by atoms with Crippen LogP contribution in [0.25, 0.3) is 0 Å². The third kappa shape index (κ3) is 4.48. The topological polar surface area (TPSA) is 49.9 Å². The molecular weight excluding hydrogens is 268 g/mol. The summed E-state index contributed by atoms with van der Waals surface area (Å²) in [7, 11) is 0. The highest BCUT2D eigenvalue weighted by molar-refractivity contribution is 5.83. The monoisotopic (exact) mass is 290 g/mol. The van der Waals surface area contributed by atoms with E-state index in [4.69, 9.17) is 4.74 Å². The highest BCUT2D eigenvalue weighted by Crippen LogP contribution is 2.09. The van der Waals surface area contributed by atoms with Gasteiger partial charge in [-0.1, -0.05) is 44.2 Å². The van der Waals surface area contributed by atoms with Crippen molar-refractivity contribution >= 4 is 12.0 Å². The van der Waals surface area contributed by atoms with Gasteiger partial charge in [0.25, 0.3) is 0 Å². The Morgan fingerprint density at radius 1 is 1.24 bits per heavy atom. The van der Waals surface area contributed by atoms with Gasteiger partial charge in [-0.2, -0.15) is 0 Å². The summed E-state index contributed by atoms with van der Waals surface area (Å²) in [6.45, 7) is 6.36. The van der Waals surface area contributed by atoms with Crippen LogP contribution in [0.2, 0.25) is 0 Å². The second-order valence-corrected chi connectivity index (χ2v) is 5.70. The molecule has 2 amide bonds. The molecule has 1 aromatic carbocycles. The molecule has 1 heterocycles. The van der Waals surface area contributed by atoms with Crippen molar-refractivity contribution in [2.24, 2.45) is 5.92 Å². The van der Waals surface area contributed by atoms with E-state index in [-0.39, 0.29) is 19.1 Å². The summed E-state index contributed by atoms with van der Waals surface area (Å²) in [4.78, 5) is 27.3. The average Bonchev–Trinajstić information content (AvgIpc) is 2.47. The lowest BCUT2D eigenvalue weighted by molar-refractivity contribution is -0.136. The Morgan fingerprint density at radius 3 is 2.57 bits per heavy atom. The Balaban J connectivity index is 1.81. The zero-order chi connectivity index (χ0) is 15.2. The van der Waals surface area contributed by atoms with E-state index in [0.717, 1.165) is 12.1 Å². The number of carbonyl (C=O) groups excluding carboxylic acids is 2. The highest BCUT2D eigenvalue weighted by Gasteiger charge is 2.28. The summed E-state index contributed by atoms with van der Waals surface area (Å²) < 4.78 is 5.25. The molecule has 0 unspecified atom stereocenters. The lowest BCUT2D eigenvalue weighted by Gasteiger charge is -2.34. The maximum atomic E-state index is 12.0. The first kappa shape index (κ1) is 15.4. The van der Waals surface area contributed by atoms with Crippen molar-refractivity contribution in [1.29, 1.82) is 0 Å². The third-order valence-corrected chi connectivity index (χ3v) is 3.37. The van der Waals surface area contributed by atoms with Gasteiger partial charge in [0.15, 0.2) is 0 Å². The molecule has 1 aromatic rings. The minimum atomic E-state index is -0.420. The molecule has 0 spiro atoms. The number of hydrogen-bond acceptors (Lipinski definition) is 3. The second kappa shape index (κ2) is 7.11. The third-order valence-electron chi connectivity index (χ3n) is 3.37. The van der Waals surface area contributed by atoms with Gasteiger partial charge in [0.2, 0.25) is 5.91 Å². The first-order valence-electron chi connectivity index (χ1n) is 7.29. The molecule has 0 bridgehead atoms. The molecule has 1 aliphatic heterocycles. The molecule has 21 heavy (non-hydrogen) atoms. The van der Waals surface area contributed by atoms with Crippen molar-refractivity contribution < 1.29 is 14.3 Å². The Kier molecular flexibility index (Phi) is 5.20. The van der Waals surface area contributed by atoms with Crippen LogP contribution in [0.3, 0.4) is 0 Å². The van der Waals surface area contributed by atoms with E-state index in [1.165, 1.54) is 4.90 Å². The van der Waals surface area contributed by atoms with Crippen LogP contribution in [0.5, 0.6) is 0 Å². The minimum Gasteiger partial charge on any atom is -0.445 e.